The van der Waals surface area contributed by atoms with Gasteiger partial charge in [-0.1, -0.05) is 48.0 Å². The van der Waals surface area contributed by atoms with Gasteiger partial charge in [0.25, 0.3) is 5.69 Å². The lowest BCUT2D eigenvalue weighted by molar-refractivity contribution is -0.384. The van der Waals surface area contributed by atoms with Gasteiger partial charge in [-0.3, -0.25) is 10.1 Å². The standard InChI is InChI=1S/C44H55N5O10/c1-3-22-54-33-18-19-38-36(26-33)42-34(12-6-9-21-51)31(11-5-8-20-50)25-35-37(46-57-29-30-14-16-32(17-15-30)49(52)53)27-39(44(59-38,43(35)42)56-23-4-2)48-40(28-45-47-48)58-41-13-7-10-24-55-41/h3-4,14-19,25-26,28,31,34,39,41-43,50-51H,1-2,5-13,20-24,27,29H2. The number of hydrogen-bond acceptors (Lipinski definition) is 13. The molecule has 0 amide bonds. The number of nitro benzene ring substituents is 1. The Balaban J connectivity index is 1.40. The molecule has 3 aromatic rings. The van der Waals surface area contributed by atoms with Crippen molar-refractivity contribution in [1.82, 2.24) is 15.0 Å². The third kappa shape index (κ3) is 9.23. The number of aromatic nitrogens is 3. The zero-order valence-corrected chi connectivity index (χ0v) is 33.4. The summed E-state index contributed by atoms with van der Waals surface area (Å²) in [6.45, 7) is 9.22. The summed E-state index contributed by atoms with van der Waals surface area (Å²) >= 11 is 0. The van der Waals surface area contributed by atoms with Crippen LogP contribution in [0.1, 0.15) is 87.3 Å². The topological polar surface area (TPSA) is 182 Å². The number of fused-ring (bicyclic) bond motifs is 2. The summed E-state index contributed by atoms with van der Waals surface area (Å²) in [5.41, 5.74) is 3.28. The van der Waals surface area contributed by atoms with Gasteiger partial charge in [-0.05, 0) is 91.8 Å². The molecule has 15 nitrogen and oxygen atoms in total. The number of ether oxygens (including phenoxy) is 5. The number of nitrogens with zero attached hydrogens (tertiary/aromatic N) is 5. The lowest BCUT2D eigenvalue weighted by Gasteiger charge is -2.58. The Morgan fingerprint density at radius 2 is 1.83 bits per heavy atom. The fourth-order valence-electron chi connectivity index (χ4n) is 9.19. The molecule has 0 radical (unpaired) electrons. The number of nitro groups is 1. The summed E-state index contributed by atoms with van der Waals surface area (Å²) in [6.07, 6.45) is 14.3. The van der Waals surface area contributed by atoms with Gasteiger partial charge in [-0.15, -0.1) is 11.7 Å². The Hall–Kier alpha value is -5.09. The smallest absolute Gasteiger partial charge is 0.269 e. The number of aliphatic hydroxyl groups is 2. The van der Waals surface area contributed by atoms with Gasteiger partial charge >= 0.3 is 0 Å². The molecule has 59 heavy (non-hydrogen) atoms. The van der Waals surface area contributed by atoms with Crippen LogP contribution in [0, 0.1) is 27.9 Å². The van der Waals surface area contributed by atoms with E-state index < -0.39 is 29.0 Å². The van der Waals surface area contributed by atoms with Gasteiger partial charge in [0.05, 0.1) is 29.8 Å². The monoisotopic (exact) mass is 813 g/mol. The third-order valence-corrected chi connectivity index (χ3v) is 11.8. The summed E-state index contributed by atoms with van der Waals surface area (Å²) < 4.78 is 34.6. The normalized spacial score (nSPS) is 26.5. The molecule has 3 heterocycles. The Kier molecular flexibility index (Phi) is 14.1. The number of hydrogen-bond donors (Lipinski definition) is 2. The van der Waals surface area contributed by atoms with E-state index in [2.05, 4.69) is 35.6 Å². The molecule has 316 valence electrons. The second-order valence-corrected chi connectivity index (χ2v) is 15.5. The van der Waals surface area contributed by atoms with Crippen LogP contribution < -0.4 is 14.2 Å². The first-order valence-corrected chi connectivity index (χ1v) is 20.8. The minimum absolute atomic E-state index is 0.00894. The Labute approximate surface area is 344 Å². The predicted octanol–water partition coefficient (Wildman–Crippen LogP) is 7.36. The SMILES string of the molecule is C=CCOc1ccc2c(c1)C1C(CCCCO)C(CCCCO)C=C3C(=NOCc4ccc([N+](=O)[O-])cc4)CC(n4nncc4OC4CCCCO4)C(OCC=C)(O2)C31. The summed E-state index contributed by atoms with van der Waals surface area (Å²) in [7, 11) is 0. The van der Waals surface area contributed by atoms with E-state index in [4.69, 9.17) is 33.7 Å². The zero-order valence-electron chi connectivity index (χ0n) is 33.4. The van der Waals surface area contributed by atoms with Gasteiger partial charge in [0.2, 0.25) is 18.0 Å². The summed E-state index contributed by atoms with van der Waals surface area (Å²) in [5.74, 6) is -0.139. The number of allylic oxidation sites excluding steroid dienone is 1. The number of non-ortho nitro benzene ring substituents is 1. The van der Waals surface area contributed by atoms with Crippen LogP contribution >= 0.6 is 0 Å². The van der Waals surface area contributed by atoms with Crippen LogP contribution in [0.4, 0.5) is 5.69 Å². The van der Waals surface area contributed by atoms with E-state index in [9.17, 15) is 20.3 Å². The molecule has 0 bridgehead atoms. The maximum Gasteiger partial charge on any atom is 0.269 e. The van der Waals surface area contributed by atoms with Crippen molar-refractivity contribution in [3.63, 3.8) is 0 Å². The Bertz CT molecular complexity index is 1960. The minimum atomic E-state index is -1.37. The first kappa shape index (κ1) is 42.0. The molecule has 2 aliphatic carbocycles. The van der Waals surface area contributed by atoms with Crippen LogP contribution in [0.3, 0.4) is 0 Å². The molecule has 1 saturated heterocycles. The molecule has 7 rings (SSSR count). The predicted molar refractivity (Wildman–Crippen MR) is 218 cm³/mol. The highest BCUT2D eigenvalue weighted by Gasteiger charge is 2.65. The number of aliphatic hydroxyl groups excluding tert-OH is 2. The number of rotatable bonds is 21. The lowest BCUT2D eigenvalue weighted by atomic mass is 9.55. The number of oxime groups is 1. The van der Waals surface area contributed by atoms with Crippen LogP contribution in [0.15, 0.2) is 90.8 Å². The quantitative estimate of drug-likeness (QED) is 0.0473. The van der Waals surface area contributed by atoms with Crippen molar-refractivity contribution in [2.75, 3.05) is 33.0 Å². The first-order chi connectivity index (χ1) is 28.9. The van der Waals surface area contributed by atoms with Crippen LogP contribution in [0.5, 0.6) is 17.4 Å². The molecule has 1 aromatic heterocycles. The van der Waals surface area contributed by atoms with Crippen molar-refractivity contribution in [1.29, 1.82) is 0 Å². The molecule has 0 spiro atoms. The fraction of sp³-hybridized carbons (Fsp3) is 0.523. The van der Waals surface area contributed by atoms with Crippen molar-refractivity contribution in [2.45, 2.75) is 94.9 Å². The summed E-state index contributed by atoms with van der Waals surface area (Å²) in [4.78, 5) is 17.0. The van der Waals surface area contributed by atoms with Gasteiger partial charge in [-0.25, -0.2) is 4.68 Å². The molecule has 4 aliphatic rings. The maximum absolute atomic E-state index is 11.3. The first-order valence-electron chi connectivity index (χ1n) is 20.8. The highest BCUT2D eigenvalue weighted by molar-refractivity contribution is 6.02. The third-order valence-electron chi connectivity index (χ3n) is 11.8. The van der Waals surface area contributed by atoms with E-state index in [0.29, 0.717) is 49.1 Å². The van der Waals surface area contributed by atoms with E-state index in [1.165, 1.54) is 12.1 Å². The summed E-state index contributed by atoms with van der Waals surface area (Å²) in [5, 5.41) is 44.9. The minimum Gasteiger partial charge on any atom is -0.490 e. The van der Waals surface area contributed by atoms with Gasteiger partial charge < -0.3 is 38.7 Å². The highest BCUT2D eigenvalue weighted by Crippen LogP contribution is 2.63. The highest BCUT2D eigenvalue weighted by atomic mass is 16.7. The van der Waals surface area contributed by atoms with Gasteiger partial charge in [0.1, 0.15) is 37.0 Å². The van der Waals surface area contributed by atoms with E-state index in [1.807, 2.05) is 12.1 Å². The van der Waals surface area contributed by atoms with Gasteiger partial charge in [0.15, 0.2) is 0 Å². The molecule has 7 atom stereocenters. The van der Waals surface area contributed by atoms with Crippen LogP contribution in [-0.2, 0) is 20.9 Å². The van der Waals surface area contributed by atoms with Crippen LogP contribution in [0.25, 0.3) is 0 Å². The average molecular weight is 814 g/mol. The van der Waals surface area contributed by atoms with E-state index in [1.54, 1.807) is 35.2 Å². The van der Waals surface area contributed by atoms with Crippen LogP contribution in [-0.4, -0.2) is 81.0 Å². The summed E-state index contributed by atoms with van der Waals surface area (Å²) in [6, 6.07) is 11.4. The number of unbranched alkanes of at least 4 members (excludes halogenated alkanes) is 2. The molecular weight excluding hydrogens is 759 g/mol. The maximum atomic E-state index is 11.3. The van der Waals surface area contributed by atoms with Gasteiger partial charge in [0, 0.05) is 49.7 Å². The van der Waals surface area contributed by atoms with Crippen LogP contribution in [0.2, 0.25) is 0 Å². The molecule has 2 aromatic carbocycles. The average Bonchev–Trinajstić information content (AvgIpc) is 3.71. The van der Waals surface area contributed by atoms with Crippen molar-refractivity contribution in [3.05, 3.63) is 107 Å². The molecular formula is C44H55N5O10. The van der Waals surface area contributed by atoms with E-state index in [-0.39, 0.29) is 56.3 Å². The Morgan fingerprint density at radius 3 is 2.56 bits per heavy atom. The largest absolute Gasteiger partial charge is 0.490 e. The second kappa shape index (κ2) is 19.8. The Morgan fingerprint density at radius 1 is 1.03 bits per heavy atom. The van der Waals surface area contributed by atoms with Crippen molar-refractivity contribution in [2.24, 2.45) is 22.9 Å². The van der Waals surface area contributed by atoms with Crippen molar-refractivity contribution < 1.29 is 43.7 Å². The van der Waals surface area contributed by atoms with Crippen molar-refractivity contribution in [3.8, 4) is 17.4 Å². The van der Waals surface area contributed by atoms with E-state index >= 15 is 0 Å². The van der Waals surface area contributed by atoms with Gasteiger partial charge in [-0.2, -0.15) is 0 Å². The molecule has 2 aliphatic heterocycles. The fourth-order valence-corrected chi connectivity index (χ4v) is 9.19. The second-order valence-electron chi connectivity index (χ2n) is 15.5. The lowest BCUT2D eigenvalue weighted by Crippen LogP contribution is -2.63. The molecule has 15 heteroatoms. The molecule has 7 unspecified atom stereocenters. The van der Waals surface area contributed by atoms with Crippen molar-refractivity contribution >= 4 is 11.4 Å². The molecule has 2 fully saturated rings. The zero-order chi connectivity index (χ0) is 41.2. The molecule has 2 N–H and O–H groups in total. The molecule has 1 saturated carbocycles. The number of benzene rings is 2. The van der Waals surface area contributed by atoms with E-state index in [0.717, 1.165) is 61.6 Å².